The number of allylic oxidation sites excluding steroid dienone is 1. The average Bonchev–Trinajstić information content (AvgIpc) is 3.32. The number of hydrogen-bond acceptors (Lipinski definition) is 2. The highest BCUT2D eigenvalue weighted by Crippen LogP contribution is 2.47. The number of rotatable bonds is 6. The molecule has 0 bridgehead atoms. The van der Waals surface area contributed by atoms with Crippen LogP contribution < -0.4 is 0 Å². The van der Waals surface area contributed by atoms with Crippen molar-refractivity contribution >= 4 is 5.91 Å². The normalized spacial score (nSPS) is 20.4. The first-order valence-corrected chi connectivity index (χ1v) is 11.6. The summed E-state index contributed by atoms with van der Waals surface area (Å²) in [5.74, 6) is 1.15. The molecule has 5 heteroatoms. The second-order valence-corrected chi connectivity index (χ2v) is 10.0. The molecule has 0 spiro atoms. The van der Waals surface area contributed by atoms with E-state index in [9.17, 15) is 9.18 Å². The summed E-state index contributed by atoms with van der Waals surface area (Å²) in [4.78, 5) is 15.7. The van der Waals surface area contributed by atoms with E-state index in [0.717, 1.165) is 38.0 Å². The summed E-state index contributed by atoms with van der Waals surface area (Å²) in [5, 5.41) is 4.63. The molecule has 1 heterocycles. The Hall–Kier alpha value is -2.43. The van der Waals surface area contributed by atoms with Gasteiger partial charge >= 0.3 is 0 Å². The van der Waals surface area contributed by atoms with E-state index in [1.54, 1.807) is 12.1 Å². The van der Waals surface area contributed by atoms with Gasteiger partial charge in [-0.1, -0.05) is 45.8 Å². The Kier molecular flexibility index (Phi) is 6.05. The minimum Gasteiger partial charge on any atom is -0.342 e. The quantitative estimate of drug-likeness (QED) is 0.574. The average molecular weight is 424 g/mol. The summed E-state index contributed by atoms with van der Waals surface area (Å²) in [5.41, 5.74) is 5.98. The van der Waals surface area contributed by atoms with Gasteiger partial charge in [0.2, 0.25) is 5.91 Å². The second kappa shape index (κ2) is 8.60. The van der Waals surface area contributed by atoms with Crippen LogP contribution in [-0.2, 0) is 11.2 Å². The van der Waals surface area contributed by atoms with Gasteiger partial charge in [-0.3, -0.25) is 4.79 Å². The number of carbonyl (C=O) groups is 1. The molecule has 1 amide bonds. The standard InChI is InChI=1S/C26H34FN3O/c1-16(2)14-29(15-17(3)4)26(31)22-11-6-19-12-24-23(18(5)25(19)22)13-28-30(24)21-9-7-20(27)8-10-21/h7-10,13,16-18,22H,6,11-12,14-15H2,1-5H3/t18-,22+/m0/s1. The zero-order chi connectivity index (χ0) is 22.3. The minimum atomic E-state index is -0.243. The van der Waals surface area contributed by atoms with Gasteiger partial charge in [0.15, 0.2) is 0 Å². The Bertz CT molecular complexity index is 977. The van der Waals surface area contributed by atoms with Crippen LogP contribution in [0.1, 0.15) is 64.6 Å². The topological polar surface area (TPSA) is 38.1 Å². The molecular weight excluding hydrogens is 389 g/mol. The lowest BCUT2D eigenvalue weighted by atomic mass is 9.79. The van der Waals surface area contributed by atoms with E-state index in [1.165, 1.54) is 34.5 Å². The van der Waals surface area contributed by atoms with Crippen LogP contribution in [0.3, 0.4) is 0 Å². The van der Waals surface area contributed by atoms with Crippen molar-refractivity contribution in [3.8, 4) is 5.69 Å². The highest BCUT2D eigenvalue weighted by Gasteiger charge is 2.40. The van der Waals surface area contributed by atoms with Gasteiger partial charge in [-0.2, -0.15) is 5.10 Å². The summed E-state index contributed by atoms with van der Waals surface area (Å²) in [6, 6.07) is 6.49. The van der Waals surface area contributed by atoms with Crippen LogP contribution in [0.25, 0.3) is 5.69 Å². The summed E-state index contributed by atoms with van der Waals surface area (Å²) in [6.07, 6.45) is 4.65. The maximum Gasteiger partial charge on any atom is 0.229 e. The Morgan fingerprint density at radius 1 is 1.16 bits per heavy atom. The third kappa shape index (κ3) is 4.19. The predicted octanol–water partition coefficient (Wildman–Crippen LogP) is 5.52. The fraction of sp³-hybridized carbons (Fsp3) is 0.538. The molecule has 0 saturated heterocycles. The Labute approximate surface area is 185 Å². The van der Waals surface area contributed by atoms with Gasteiger partial charge in [0, 0.05) is 31.0 Å². The molecule has 0 aliphatic heterocycles. The van der Waals surface area contributed by atoms with Gasteiger partial charge in [0.25, 0.3) is 0 Å². The molecule has 166 valence electrons. The van der Waals surface area contributed by atoms with Crippen molar-refractivity contribution in [1.82, 2.24) is 14.7 Å². The van der Waals surface area contributed by atoms with E-state index >= 15 is 0 Å². The van der Waals surface area contributed by atoms with Crippen molar-refractivity contribution in [2.24, 2.45) is 17.8 Å². The van der Waals surface area contributed by atoms with Crippen LogP contribution in [0.5, 0.6) is 0 Å². The molecule has 0 radical (unpaired) electrons. The lowest BCUT2D eigenvalue weighted by Crippen LogP contribution is -2.41. The van der Waals surface area contributed by atoms with E-state index < -0.39 is 0 Å². The first kappa shape index (κ1) is 21.8. The third-order valence-corrected chi connectivity index (χ3v) is 6.59. The molecule has 4 nitrogen and oxygen atoms in total. The molecule has 2 aromatic rings. The van der Waals surface area contributed by atoms with Crippen LogP contribution in [0.4, 0.5) is 4.39 Å². The molecule has 2 aliphatic rings. The van der Waals surface area contributed by atoms with Crippen molar-refractivity contribution < 1.29 is 9.18 Å². The van der Waals surface area contributed by atoms with Crippen LogP contribution in [0, 0.1) is 23.6 Å². The zero-order valence-electron chi connectivity index (χ0n) is 19.4. The number of nitrogens with zero attached hydrogens (tertiary/aromatic N) is 3. The smallest absolute Gasteiger partial charge is 0.229 e. The molecule has 31 heavy (non-hydrogen) atoms. The number of fused-ring (bicyclic) bond motifs is 1. The molecule has 0 saturated carbocycles. The maximum atomic E-state index is 13.6. The van der Waals surface area contributed by atoms with Gasteiger partial charge in [-0.05, 0) is 48.9 Å². The highest BCUT2D eigenvalue weighted by atomic mass is 19.1. The molecule has 0 unspecified atom stereocenters. The van der Waals surface area contributed by atoms with Gasteiger partial charge in [0.05, 0.1) is 23.5 Å². The third-order valence-electron chi connectivity index (χ3n) is 6.59. The van der Waals surface area contributed by atoms with E-state index in [0.29, 0.717) is 17.7 Å². The monoisotopic (exact) mass is 423 g/mol. The minimum absolute atomic E-state index is 0.00942. The number of aromatic nitrogens is 2. The van der Waals surface area contributed by atoms with Crippen molar-refractivity contribution in [3.05, 3.63) is 58.7 Å². The van der Waals surface area contributed by atoms with Crippen molar-refractivity contribution in [1.29, 1.82) is 0 Å². The zero-order valence-corrected chi connectivity index (χ0v) is 19.4. The van der Waals surface area contributed by atoms with E-state index in [4.69, 9.17) is 0 Å². The fourth-order valence-corrected chi connectivity index (χ4v) is 5.38. The molecule has 0 N–H and O–H groups in total. The van der Waals surface area contributed by atoms with Gasteiger partial charge < -0.3 is 4.90 Å². The van der Waals surface area contributed by atoms with Gasteiger partial charge in [-0.25, -0.2) is 9.07 Å². The van der Waals surface area contributed by atoms with Crippen LogP contribution in [0.2, 0.25) is 0 Å². The Morgan fingerprint density at radius 3 is 2.42 bits per heavy atom. The number of hydrogen-bond donors (Lipinski definition) is 0. The van der Waals surface area contributed by atoms with Crippen LogP contribution >= 0.6 is 0 Å². The highest BCUT2D eigenvalue weighted by molar-refractivity contribution is 5.83. The largest absolute Gasteiger partial charge is 0.342 e. The summed E-state index contributed by atoms with van der Waals surface area (Å²) in [7, 11) is 0. The van der Waals surface area contributed by atoms with Gasteiger partial charge in [0.1, 0.15) is 5.82 Å². The first-order valence-electron chi connectivity index (χ1n) is 11.6. The lowest BCUT2D eigenvalue weighted by molar-refractivity contribution is -0.135. The summed E-state index contributed by atoms with van der Waals surface area (Å²) in [6.45, 7) is 12.6. The summed E-state index contributed by atoms with van der Waals surface area (Å²) < 4.78 is 15.3. The molecule has 0 fully saturated rings. The maximum absolute atomic E-state index is 13.6. The molecule has 1 aromatic carbocycles. The van der Waals surface area contributed by atoms with Gasteiger partial charge in [-0.15, -0.1) is 0 Å². The van der Waals surface area contributed by atoms with E-state index in [2.05, 4.69) is 44.6 Å². The Balaban J connectivity index is 1.62. The first-order chi connectivity index (χ1) is 14.8. The van der Waals surface area contributed by atoms with Crippen LogP contribution in [-0.4, -0.2) is 33.7 Å². The molecule has 4 rings (SSSR count). The summed E-state index contributed by atoms with van der Waals surface area (Å²) >= 11 is 0. The number of benzene rings is 1. The van der Waals surface area contributed by atoms with E-state index in [1.807, 2.05) is 10.9 Å². The number of carbonyl (C=O) groups excluding carboxylic acids is 1. The molecule has 2 aliphatic carbocycles. The fourth-order valence-electron chi connectivity index (χ4n) is 5.38. The van der Waals surface area contributed by atoms with E-state index in [-0.39, 0.29) is 17.7 Å². The molecular formula is C26H34FN3O. The molecule has 1 aromatic heterocycles. The lowest BCUT2D eigenvalue weighted by Gasteiger charge is -2.32. The Morgan fingerprint density at radius 2 is 1.81 bits per heavy atom. The van der Waals surface area contributed by atoms with Crippen molar-refractivity contribution in [2.75, 3.05) is 13.1 Å². The number of halogens is 1. The molecule has 2 atom stereocenters. The second-order valence-electron chi connectivity index (χ2n) is 10.0. The van der Waals surface area contributed by atoms with Crippen molar-refractivity contribution in [2.45, 2.75) is 59.8 Å². The SMILES string of the molecule is CC(C)CN(CC(C)C)C(=O)[C@@H]1CCC2=C1[C@@H](C)c1cnn(-c3ccc(F)cc3)c1C2. The van der Waals surface area contributed by atoms with Crippen molar-refractivity contribution in [3.63, 3.8) is 0 Å². The predicted molar refractivity (Wildman–Crippen MR) is 122 cm³/mol. The van der Waals surface area contributed by atoms with Crippen LogP contribution in [0.15, 0.2) is 41.6 Å². The number of amides is 1.